The standard InChI is InChI=1S/C29H32ClN5O5S.C2H6/c1-3-4-16-40-17-8-15-31-29(36)20-9-7-10-22(18-20)41(37,38)35-28-27(32-24-11-5-6-12-25(24)33-28)34-26-19-21(39-2)13-14-23(26)30;1-2/h5-7,9-14,18-19H,3-4,8,15-17H2,1-2H3,(H,31,36)(H,32,34)(H,33,35);1-2H3. The first kappa shape index (κ1) is 33.6. The van der Waals surface area contributed by atoms with E-state index in [1.54, 1.807) is 48.5 Å². The zero-order chi connectivity index (χ0) is 31.2. The molecule has 0 spiro atoms. The molecule has 0 saturated carbocycles. The van der Waals surface area contributed by atoms with Gasteiger partial charge in [0.2, 0.25) is 0 Å². The number of benzene rings is 3. The lowest BCUT2D eigenvalue weighted by molar-refractivity contribution is 0.0940. The predicted octanol–water partition coefficient (Wildman–Crippen LogP) is 6.80. The van der Waals surface area contributed by atoms with Crippen molar-refractivity contribution in [2.45, 2.75) is 44.9 Å². The largest absolute Gasteiger partial charge is 0.497 e. The number of anilines is 3. The molecule has 0 atom stereocenters. The summed E-state index contributed by atoms with van der Waals surface area (Å²) in [6.45, 7) is 7.75. The van der Waals surface area contributed by atoms with E-state index < -0.39 is 10.0 Å². The number of rotatable bonds is 14. The Kier molecular flexibility index (Phi) is 13.0. The van der Waals surface area contributed by atoms with Crippen LogP contribution in [0.25, 0.3) is 11.0 Å². The van der Waals surface area contributed by atoms with Crippen LogP contribution in [-0.4, -0.2) is 51.2 Å². The van der Waals surface area contributed by atoms with Gasteiger partial charge in [-0.05, 0) is 55.3 Å². The van der Waals surface area contributed by atoms with E-state index in [-0.39, 0.29) is 28.0 Å². The van der Waals surface area contributed by atoms with Gasteiger partial charge in [0.1, 0.15) is 5.75 Å². The summed E-state index contributed by atoms with van der Waals surface area (Å²) in [5, 5.41) is 6.24. The van der Waals surface area contributed by atoms with Gasteiger partial charge in [-0.1, -0.05) is 57.0 Å². The van der Waals surface area contributed by atoms with Gasteiger partial charge in [-0.2, -0.15) is 0 Å². The van der Waals surface area contributed by atoms with E-state index in [0.29, 0.717) is 53.7 Å². The van der Waals surface area contributed by atoms with Crippen LogP contribution >= 0.6 is 11.6 Å². The lowest BCUT2D eigenvalue weighted by Crippen LogP contribution is -2.25. The first-order valence-electron chi connectivity index (χ1n) is 14.2. The Balaban J connectivity index is 0.00000248. The maximum atomic E-state index is 13.5. The number of ether oxygens (including phenoxy) is 2. The molecule has 230 valence electrons. The topological polar surface area (TPSA) is 132 Å². The van der Waals surface area contributed by atoms with E-state index in [1.807, 2.05) is 13.8 Å². The van der Waals surface area contributed by atoms with Gasteiger partial charge in [0.05, 0.1) is 33.7 Å². The Bertz CT molecular complexity index is 1620. The molecule has 0 unspecified atom stereocenters. The van der Waals surface area contributed by atoms with Crippen LogP contribution in [0.3, 0.4) is 0 Å². The number of hydrogen-bond acceptors (Lipinski definition) is 8. The maximum Gasteiger partial charge on any atom is 0.263 e. The summed E-state index contributed by atoms with van der Waals surface area (Å²) in [5.74, 6) is 0.265. The number of nitrogens with zero attached hydrogens (tertiary/aromatic N) is 2. The maximum absolute atomic E-state index is 13.5. The third-order valence-corrected chi connectivity index (χ3v) is 7.69. The van der Waals surface area contributed by atoms with E-state index in [0.717, 1.165) is 12.8 Å². The molecule has 0 radical (unpaired) electrons. The minimum Gasteiger partial charge on any atom is -0.497 e. The number of methoxy groups -OCH3 is 1. The monoisotopic (exact) mass is 627 g/mol. The number of hydrogen-bond donors (Lipinski definition) is 3. The van der Waals surface area contributed by atoms with Crippen molar-refractivity contribution in [3.8, 4) is 5.75 Å². The van der Waals surface area contributed by atoms with Crippen LogP contribution in [0.4, 0.5) is 17.3 Å². The molecule has 0 aliphatic heterocycles. The number of nitrogens with one attached hydrogen (secondary N) is 3. The molecular weight excluding hydrogens is 590 g/mol. The summed E-state index contributed by atoms with van der Waals surface area (Å²) >= 11 is 6.37. The van der Waals surface area contributed by atoms with E-state index in [4.69, 9.17) is 21.1 Å². The van der Waals surface area contributed by atoms with Crippen LogP contribution in [-0.2, 0) is 14.8 Å². The van der Waals surface area contributed by atoms with E-state index >= 15 is 0 Å². The van der Waals surface area contributed by atoms with Crippen LogP contribution < -0.4 is 20.1 Å². The second kappa shape index (κ2) is 16.6. The minimum atomic E-state index is -4.16. The molecule has 10 nitrogen and oxygen atoms in total. The Labute approximate surface area is 258 Å². The smallest absolute Gasteiger partial charge is 0.263 e. The van der Waals surface area contributed by atoms with Gasteiger partial charge in [0.15, 0.2) is 11.6 Å². The third-order valence-electron chi connectivity index (χ3n) is 6.03. The number of carbonyl (C=O) groups excluding carboxylic acids is 1. The van der Waals surface area contributed by atoms with Gasteiger partial charge in [-0.15, -0.1) is 0 Å². The summed E-state index contributed by atoms with van der Waals surface area (Å²) in [6.07, 6.45) is 2.72. The van der Waals surface area contributed by atoms with Gasteiger partial charge in [-0.25, -0.2) is 18.4 Å². The number of sulfonamides is 1. The van der Waals surface area contributed by atoms with E-state index in [1.165, 1.54) is 25.3 Å². The lowest BCUT2D eigenvalue weighted by Gasteiger charge is -2.15. The normalized spacial score (nSPS) is 10.9. The SMILES string of the molecule is CC.CCCCOCCCNC(=O)c1cccc(S(=O)(=O)Nc2nc3ccccc3nc2Nc2cc(OC)ccc2Cl)c1. The second-order valence-corrected chi connectivity index (χ2v) is 11.2. The van der Waals surface area contributed by atoms with Gasteiger partial charge in [0, 0.05) is 31.4 Å². The zero-order valence-corrected chi connectivity index (χ0v) is 26.4. The highest BCUT2D eigenvalue weighted by Crippen LogP contribution is 2.32. The zero-order valence-electron chi connectivity index (χ0n) is 24.8. The molecule has 3 aromatic carbocycles. The van der Waals surface area contributed by atoms with Crippen LogP contribution in [0.15, 0.2) is 71.6 Å². The quantitative estimate of drug-likeness (QED) is 0.130. The molecule has 0 bridgehead atoms. The number of fused-ring (bicyclic) bond motifs is 1. The predicted molar refractivity (Wildman–Crippen MR) is 172 cm³/mol. The fraction of sp³-hybridized carbons (Fsp3) is 0.323. The van der Waals surface area contributed by atoms with Crippen molar-refractivity contribution in [2.75, 3.05) is 36.9 Å². The minimum absolute atomic E-state index is 0.0412. The molecule has 4 aromatic rings. The molecular formula is C31H38ClN5O5S. The lowest BCUT2D eigenvalue weighted by atomic mass is 10.2. The highest BCUT2D eigenvalue weighted by atomic mass is 35.5. The molecule has 1 heterocycles. The Morgan fingerprint density at radius 2 is 1.60 bits per heavy atom. The summed E-state index contributed by atoms with van der Waals surface area (Å²) in [4.78, 5) is 21.7. The van der Waals surface area contributed by atoms with Crippen molar-refractivity contribution in [2.24, 2.45) is 0 Å². The van der Waals surface area contributed by atoms with Crippen molar-refractivity contribution >= 4 is 55.9 Å². The first-order valence-corrected chi connectivity index (χ1v) is 16.0. The third kappa shape index (κ3) is 9.54. The van der Waals surface area contributed by atoms with Crippen molar-refractivity contribution < 1.29 is 22.7 Å². The average Bonchev–Trinajstić information content (AvgIpc) is 3.02. The molecule has 43 heavy (non-hydrogen) atoms. The van der Waals surface area contributed by atoms with Gasteiger partial charge >= 0.3 is 0 Å². The first-order chi connectivity index (χ1) is 20.8. The number of halogens is 1. The van der Waals surface area contributed by atoms with Gasteiger partial charge in [0.25, 0.3) is 15.9 Å². The molecule has 4 rings (SSSR count). The van der Waals surface area contributed by atoms with Crippen LogP contribution in [0.1, 0.15) is 50.4 Å². The van der Waals surface area contributed by atoms with E-state index in [2.05, 4.69) is 32.2 Å². The van der Waals surface area contributed by atoms with Crippen molar-refractivity contribution in [1.29, 1.82) is 0 Å². The molecule has 12 heteroatoms. The molecule has 0 aliphatic carbocycles. The van der Waals surface area contributed by atoms with Crippen LogP contribution in [0, 0.1) is 0 Å². The molecule has 0 fully saturated rings. The van der Waals surface area contributed by atoms with Gasteiger partial charge in [-0.3, -0.25) is 9.52 Å². The summed E-state index contributed by atoms with van der Waals surface area (Å²) in [5.41, 5.74) is 1.70. The number of unbranched alkanes of at least 4 members (excludes halogenated alkanes) is 1. The van der Waals surface area contributed by atoms with Crippen molar-refractivity contribution in [3.05, 3.63) is 77.3 Å². The molecule has 0 aliphatic rings. The Hall–Kier alpha value is -3.93. The number of para-hydroxylation sites is 2. The summed E-state index contributed by atoms with van der Waals surface area (Å²) < 4.78 is 40.2. The summed E-state index contributed by atoms with van der Waals surface area (Å²) in [6, 6.07) is 17.9. The molecule has 1 amide bonds. The number of amides is 1. The highest BCUT2D eigenvalue weighted by Gasteiger charge is 2.21. The average molecular weight is 628 g/mol. The number of carbonyl (C=O) groups is 1. The van der Waals surface area contributed by atoms with Crippen LogP contribution in [0.2, 0.25) is 5.02 Å². The van der Waals surface area contributed by atoms with Crippen molar-refractivity contribution in [3.63, 3.8) is 0 Å². The molecule has 0 saturated heterocycles. The fourth-order valence-electron chi connectivity index (χ4n) is 3.83. The van der Waals surface area contributed by atoms with Gasteiger partial charge < -0.3 is 20.1 Å². The second-order valence-electron chi connectivity index (χ2n) is 9.09. The molecule has 3 N–H and O–H groups in total. The Morgan fingerprint density at radius 3 is 2.30 bits per heavy atom. The highest BCUT2D eigenvalue weighted by molar-refractivity contribution is 7.92. The molecule has 1 aromatic heterocycles. The van der Waals surface area contributed by atoms with Crippen molar-refractivity contribution in [1.82, 2.24) is 15.3 Å². The Morgan fingerprint density at radius 1 is 0.907 bits per heavy atom. The number of aromatic nitrogens is 2. The van der Waals surface area contributed by atoms with E-state index in [9.17, 15) is 13.2 Å². The van der Waals surface area contributed by atoms with Crippen LogP contribution in [0.5, 0.6) is 5.75 Å². The summed E-state index contributed by atoms with van der Waals surface area (Å²) in [7, 11) is -2.64. The fourth-order valence-corrected chi connectivity index (χ4v) is 5.05.